The fourth-order valence-corrected chi connectivity index (χ4v) is 3.81. The van der Waals surface area contributed by atoms with Crippen molar-refractivity contribution in [2.75, 3.05) is 20.6 Å². The number of furan rings is 1. The van der Waals surface area contributed by atoms with Crippen LogP contribution in [0.25, 0.3) is 0 Å². The van der Waals surface area contributed by atoms with Crippen molar-refractivity contribution in [1.82, 2.24) is 10.2 Å². The summed E-state index contributed by atoms with van der Waals surface area (Å²) in [5, 5.41) is 3.54. The lowest BCUT2D eigenvalue weighted by molar-refractivity contribution is 0.110. The second-order valence-corrected chi connectivity index (χ2v) is 6.82. The maximum absolute atomic E-state index is 5.68. The maximum Gasteiger partial charge on any atom is 0.118 e. The molecule has 1 aliphatic rings. The topological polar surface area (TPSA) is 28.4 Å². The van der Waals surface area contributed by atoms with Crippen molar-refractivity contribution in [3.8, 4) is 0 Å². The highest BCUT2D eigenvalue weighted by atomic mass is 16.3. The summed E-state index contributed by atoms with van der Waals surface area (Å²) in [6, 6.07) is 4.78. The van der Waals surface area contributed by atoms with Gasteiger partial charge in [-0.05, 0) is 63.7 Å². The van der Waals surface area contributed by atoms with Crippen molar-refractivity contribution in [1.29, 1.82) is 0 Å². The largest absolute Gasteiger partial charge is 0.465 e. The molecule has 0 saturated heterocycles. The Labute approximate surface area is 123 Å². The van der Waals surface area contributed by atoms with Gasteiger partial charge in [0.1, 0.15) is 11.5 Å². The fourth-order valence-electron chi connectivity index (χ4n) is 3.81. The first-order valence-electron chi connectivity index (χ1n) is 7.90. The molecule has 3 heteroatoms. The van der Waals surface area contributed by atoms with Crippen LogP contribution < -0.4 is 5.32 Å². The van der Waals surface area contributed by atoms with Crippen molar-refractivity contribution in [2.45, 2.75) is 46.2 Å². The molecule has 3 nitrogen and oxygen atoms in total. The Balaban J connectivity index is 1.92. The Morgan fingerprint density at radius 2 is 2.05 bits per heavy atom. The summed E-state index contributed by atoms with van der Waals surface area (Å²) in [6.45, 7) is 8.84. The molecule has 0 bridgehead atoms. The third-order valence-corrected chi connectivity index (χ3v) is 4.79. The van der Waals surface area contributed by atoms with Gasteiger partial charge in [-0.15, -0.1) is 0 Å². The van der Waals surface area contributed by atoms with Crippen LogP contribution in [0.5, 0.6) is 0 Å². The molecule has 4 atom stereocenters. The normalized spacial score (nSPS) is 30.9. The average molecular weight is 278 g/mol. The highest BCUT2D eigenvalue weighted by Gasteiger charge is 2.33. The van der Waals surface area contributed by atoms with Crippen molar-refractivity contribution >= 4 is 0 Å². The van der Waals surface area contributed by atoms with E-state index in [0.29, 0.717) is 6.04 Å². The van der Waals surface area contributed by atoms with E-state index in [1.54, 1.807) is 0 Å². The lowest BCUT2D eigenvalue weighted by Crippen LogP contribution is -2.47. The Morgan fingerprint density at radius 3 is 2.65 bits per heavy atom. The molecule has 2 rings (SSSR count). The molecule has 1 fully saturated rings. The molecule has 0 radical (unpaired) electrons. The molecule has 0 aliphatic heterocycles. The first kappa shape index (κ1) is 15.6. The average Bonchev–Trinajstić information content (AvgIpc) is 2.77. The minimum Gasteiger partial charge on any atom is -0.465 e. The van der Waals surface area contributed by atoms with E-state index in [1.165, 1.54) is 12.8 Å². The molecule has 114 valence electrons. The van der Waals surface area contributed by atoms with E-state index >= 15 is 0 Å². The van der Waals surface area contributed by atoms with Gasteiger partial charge in [0, 0.05) is 12.6 Å². The molecular formula is C17H30N2O. The monoisotopic (exact) mass is 278 g/mol. The maximum atomic E-state index is 5.68. The van der Waals surface area contributed by atoms with Crippen LogP contribution in [-0.2, 0) is 6.54 Å². The van der Waals surface area contributed by atoms with Crippen LogP contribution >= 0.6 is 0 Å². The van der Waals surface area contributed by atoms with E-state index in [2.05, 4.69) is 44.2 Å². The van der Waals surface area contributed by atoms with Crippen LogP contribution in [0, 0.1) is 24.7 Å². The van der Waals surface area contributed by atoms with Crippen molar-refractivity contribution < 1.29 is 4.42 Å². The zero-order chi connectivity index (χ0) is 14.7. The van der Waals surface area contributed by atoms with Gasteiger partial charge >= 0.3 is 0 Å². The van der Waals surface area contributed by atoms with E-state index in [1.807, 2.05) is 13.0 Å². The Hall–Kier alpha value is -0.800. The van der Waals surface area contributed by atoms with Crippen molar-refractivity contribution in [2.24, 2.45) is 17.8 Å². The Bertz CT molecular complexity index is 415. The smallest absolute Gasteiger partial charge is 0.118 e. The summed E-state index contributed by atoms with van der Waals surface area (Å²) in [6.07, 6.45) is 2.66. The minimum atomic E-state index is 0.648. The van der Waals surface area contributed by atoms with E-state index in [0.717, 1.165) is 42.4 Å². The van der Waals surface area contributed by atoms with Gasteiger partial charge in [0.2, 0.25) is 0 Å². The second kappa shape index (κ2) is 6.77. The lowest BCUT2D eigenvalue weighted by Gasteiger charge is -2.41. The van der Waals surface area contributed by atoms with E-state index in [4.69, 9.17) is 4.42 Å². The molecule has 1 aromatic heterocycles. The zero-order valence-electron chi connectivity index (χ0n) is 13.6. The predicted molar refractivity (Wildman–Crippen MR) is 83.7 cm³/mol. The third kappa shape index (κ3) is 3.86. The summed E-state index contributed by atoms with van der Waals surface area (Å²) in [7, 11) is 4.31. The van der Waals surface area contributed by atoms with Crippen LogP contribution in [0.3, 0.4) is 0 Å². The molecule has 1 N–H and O–H groups in total. The number of nitrogens with one attached hydrogen (secondary N) is 1. The van der Waals surface area contributed by atoms with E-state index < -0.39 is 0 Å². The zero-order valence-corrected chi connectivity index (χ0v) is 13.6. The molecule has 20 heavy (non-hydrogen) atoms. The minimum absolute atomic E-state index is 0.648. The van der Waals surface area contributed by atoms with Crippen LogP contribution in [0.4, 0.5) is 0 Å². The lowest BCUT2D eigenvalue weighted by atomic mass is 9.72. The number of hydrogen-bond donors (Lipinski definition) is 1. The summed E-state index contributed by atoms with van der Waals surface area (Å²) in [4.78, 5) is 2.40. The first-order chi connectivity index (χ1) is 9.49. The molecule has 0 amide bonds. The third-order valence-electron chi connectivity index (χ3n) is 4.79. The van der Waals surface area contributed by atoms with Gasteiger partial charge in [-0.2, -0.15) is 0 Å². The molecule has 1 heterocycles. The van der Waals surface area contributed by atoms with E-state index in [9.17, 15) is 0 Å². The molecule has 0 spiro atoms. The molecule has 1 saturated carbocycles. The molecule has 4 unspecified atom stereocenters. The molecule has 1 aliphatic carbocycles. The second-order valence-electron chi connectivity index (χ2n) is 6.82. The molecular weight excluding hydrogens is 248 g/mol. The van der Waals surface area contributed by atoms with Gasteiger partial charge in [0.25, 0.3) is 0 Å². The first-order valence-corrected chi connectivity index (χ1v) is 7.90. The van der Waals surface area contributed by atoms with E-state index in [-0.39, 0.29) is 0 Å². The quantitative estimate of drug-likeness (QED) is 0.896. The SMILES string of the molecule is CNC1CC(C)CC(C)C1CN(C)Cc1ccc(C)o1. The highest BCUT2D eigenvalue weighted by Crippen LogP contribution is 2.34. The van der Waals surface area contributed by atoms with Crippen molar-refractivity contribution in [3.63, 3.8) is 0 Å². The predicted octanol–water partition coefficient (Wildman–Crippen LogP) is 3.29. The fraction of sp³-hybridized carbons (Fsp3) is 0.765. The number of hydrogen-bond acceptors (Lipinski definition) is 3. The van der Waals surface area contributed by atoms with Crippen LogP contribution in [0.1, 0.15) is 38.2 Å². The number of rotatable bonds is 5. The van der Waals surface area contributed by atoms with Gasteiger partial charge < -0.3 is 9.73 Å². The summed E-state index contributed by atoms with van der Waals surface area (Å²) >= 11 is 0. The highest BCUT2D eigenvalue weighted by molar-refractivity contribution is 5.05. The summed E-state index contributed by atoms with van der Waals surface area (Å²) < 4.78 is 5.68. The van der Waals surface area contributed by atoms with Crippen molar-refractivity contribution in [3.05, 3.63) is 23.7 Å². The Kier molecular flexibility index (Phi) is 5.28. The standard InChI is InChI=1S/C17H30N2O/c1-12-8-13(2)16(17(9-12)18-4)11-19(5)10-15-7-6-14(3)20-15/h6-7,12-13,16-18H,8-11H2,1-5H3. The molecule has 1 aromatic rings. The van der Waals surface area contributed by atoms with Gasteiger partial charge in [0.05, 0.1) is 6.54 Å². The van der Waals surface area contributed by atoms with Crippen LogP contribution in [-0.4, -0.2) is 31.6 Å². The summed E-state index contributed by atoms with van der Waals surface area (Å²) in [5.41, 5.74) is 0. The van der Waals surface area contributed by atoms with Crippen LogP contribution in [0.15, 0.2) is 16.5 Å². The Morgan fingerprint density at radius 1 is 1.30 bits per heavy atom. The molecule has 0 aromatic carbocycles. The van der Waals surface area contributed by atoms with Gasteiger partial charge in [-0.3, -0.25) is 4.90 Å². The number of nitrogens with zero attached hydrogens (tertiary/aromatic N) is 1. The van der Waals surface area contributed by atoms with Gasteiger partial charge in [-0.25, -0.2) is 0 Å². The van der Waals surface area contributed by atoms with Gasteiger partial charge in [-0.1, -0.05) is 13.8 Å². The van der Waals surface area contributed by atoms with Gasteiger partial charge in [0.15, 0.2) is 0 Å². The summed E-state index contributed by atoms with van der Waals surface area (Å²) in [5.74, 6) is 4.44. The number of aryl methyl sites for hydroxylation is 1. The van der Waals surface area contributed by atoms with Crippen LogP contribution in [0.2, 0.25) is 0 Å².